The van der Waals surface area contributed by atoms with Gasteiger partial charge in [0.2, 0.25) is 0 Å². The molecule has 1 N–H and O–H groups in total. The average molecular weight is 196 g/mol. The molecule has 0 aliphatic carbocycles. The Balaban J connectivity index is 1.83. The van der Waals surface area contributed by atoms with Gasteiger partial charge in [0, 0.05) is 12.6 Å². The van der Waals surface area contributed by atoms with Crippen LogP contribution in [0.3, 0.4) is 0 Å². The van der Waals surface area contributed by atoms with Gasteiger partial charge < -0.3 is 10.2 Å². The Hall–Kier alpha value is -0.0800. The lowest BCUT2D eigenvalue weighted by Crippen LogP contribution is -2.38. The lowest BCUT2D eigenvalue weighted by atomic mass is 9.82. The average Bonchev–Trinajstić information content (AvgIpc) is 2.66. The third kappa shape index (κ3) is 2.29. The van der Waals surface area contributed by atoms with Gasteiger partial charge in [-0.05, 0) is 57.7 Å². The molecule has 3 unspecified atom stereocenters. The van der Waals surface area contributed by atoms with Crippen LogP contribution in [-0.2, 0) is 0 Å². The first-order valence-corrected chi connectivity index (χ1v) is 6.25. The molecule has 2 fully saturated rings. The quantitative estimate of drug-likeness (QED) is 0.723. The maximum atomic E-state index is 3.55. The minimum atomic E-state index is 0.754. The molecule has 2 aliphatic heterocycles. The van der Waals surface area contributed by atoms with Crippen molar-refractivity contribution < 1.29 is 0 Å². The van der Waals surface area contributed by atoms with Crippen molar-refractivity contribution in [2.45, 2.75) is 39.2 Å². The fourth-order valence-corrected chi connectivity index (χ4v) is 3.13. The van der Waals surface area contributed by atoms with Gasteiger partial charge in [0.25, 0.3) is 0 Å². The van der Waals surface area contributed by atoms with E-state index in [9.17, 15) is 0 Å². The fourth-order valence-electron chi connectivity index (χ4n) is 3.13. The summed E-state index contributed by atoms with van der Waals surface area (Å²) in [6.45, 7) is 9.82. The van der Waals surface area contributed by atoms with Gasteiger partial charge in [0.05, 0.1) is 0 Å². The molecule has 0 bridgehead atoms. The summed E-state index contributed by atoms with van der Waals surface area (Å²) in [5.74, 6) is 2.00. The SMILES string of the molecule is CCN1CCC(C2CCNC(C)C2)C1. The second-order valence-corrected chi connectivity index (χ2v) is 5.08. The molecule has 2 rings (SSSR count). The minimum absolute atomic E-state index is 0.754. The van der Waals surface area contributed by atoms with Gasteiger partial charge in [0.15, 0.2) is 0 Å². The minimum Gasteiger partial charge on any atom is -0.314 e. The van der Waals surface area contributed by atoms with E-state index in [-0.39, 0.29) is 0 Å². The van der Waals surface area contributed by atoms with Crippen LogP contribution in [-0.4, -0.2) is 37.1 Å². The van der Waals surface area contributed by atoms with Gasteiger partial charge >= 0.3 is 0 Å². The van der Waals surface area contributed by atoms with Crippen molar-refractivity contribution in [3.8, 4) is 0 Å². The Morgan fingerprint density at radius 1 is 1.29 bits per heavy atom. The maximum absolute atomic E-state index is 3.55. The number of hydrogen-bond donors (Lipinski definition) is 1. The summed E-state index contributed by atoms with van der Waals surface area (Å²) in [5, 5.41) is 3.55. The second-order valence-electron chi connectivity index (χ2n) is 5.08. The third-order valence-corrected chi connectivity index (χ3v) is 4.09. The van der Waals surface area contributed by atoms with Crippen molar-refractivity contribution in [2.75, 3.05) is 26.2 Å². The summed E-state index contributed by atoms with van der Waals surface area (Å²) < 4.78 is 0. The number of nitrogens with one attached hydrogen (secondary N) is 1. The lowest BCUT2D eigenvalue weighted by Gasteiger charge is -2.32. The Bertz CT molecular complexity index is 181. The molecule has 0 saturated carbocycles. The van der Waals surface area contributed by atoms with Gasteiger partial charge in [-0.1, -0.05) is 6.92 Å². The van der Waals surface area contributed by atoms with E-state index in [4.69, 9.17) is 0 Å². The first-order valence-electron chi connectivity index (χ1n) is 6.25. The number of rotatable bonds is 2. The highest BCUT2D eigenvalue weighted by atomic mass is 15.1. The lowest BCUT2D eigenvalue weighted by molar-refractivity contribution is 0.222. The van der Waals surface area contributed by atoms with Crippen molar-refractivity contribution in [1.82, 2.24) is 10.2 Å². The summed E-state index contributed by atoms with van der Waals surface area (Å²) in [6.07, 6.45) is 4.26. The molecule has 2 nitrogen and oxygen atoms in total. The highest BCUT2D eigenvalue weighted by Gasteiger charge is 2.31. The monoisotopic (exact) mass is 196 g/mol. The molecule has 2 saturated heterocycles. The Morgan fingerprint density at radius 3 is 2.79 bits per heavy atom. The predicted molar refractivity (Wildman–Crippen MR) is 60.4 cm³/mol. The zero-order chi connectivity index (χ0) is 9.97. The highest BCUT2D eigenvalue weighted by molar-refractivity contribution is 4.85. The predicted octanol–water partition coefficient (Wildman–Crippen LogP) is 1.72. The van der Waals surface area contributed by atoms with Gasteiger partial charge in [-0.25, -0.2) is 0 Å². The maximum Gasteiger partial charge on any atom is 0.00414 e. The Kier molecular flexibility index (Phi) is 3.45. The molecular formula is C12H24N2. The molecule has 3 atom stereocenters. The zero-order valence-corrected chi connectivity index (χ0v) is 9.63. The summed E-state index contributed by atoms with van der Waals surface area (Å²) in [6, 6.07) is 0.754. The topological polar surface area (TPSA) is 15.3 Å². The molecule has 0 amide bonds. The zero-order valence-electron chi connectivity index (χ0n) is 9.63. The van der Waals surface area contributed by atoms with Crippen LogP contribution in [0.1, 0.15) is 33.1 Å². The van der Waals surface area contributed by atoms with Crippen LogP contribution in [0.2, 0.25) is 0 Å². The van der Waals surface area contributed by atoms with Crippen LogP contribution in [0.25, 0.3) is 0 Å². The molecule has 2 heterocycles. The van der Waals surface area contributed by atoms with Crippen LogP contribution in [0.5, 0.6) is 0 Å². The first kappa shape index (κ1) is 10.4. The van der Waals surface area contributed by atoms with Crippen LogP contribution < -0.4 is 5.32 Å². The highest BCUT2D eigenvalue weighted by Crippen LogP contribution is 2.31. The van der Waals surface area contributed by atoms with Crippen molar-refractivity contribution >= 4 is 0 Å². The van der Waals surface area contributed by atoms with E-state index >= 15 is 0 Å². The smallest absolute Gasteiger partial charge is 0.00414 e. The molecule has 0 aromatic carbocycles. The van der Waals surface area contributed by atoms with E-state index in [2.05, 4.69) is 24.1 Å². The molecule has 0 radical (unpaired) electrons. The number of nitrogens with zero attached hydrogens (tertiary/aromatic N) is 1. The van der Waals surface area contributed by atoms with E-state index in [0.717, 1.165) is 17.9 Å². The van der Waals surface area contributed by atoms with E-state index < -0.39 is 0 Å². The molecular weight excluding hydrogens is 172 g/mol. The summed E-state index contributed by atoms with van der Waals surface area (Å²) >= 11 is 0. The van der Waals surface area contributed by atoms with Crippen molar-refractivity contribution in [3.63, 3.8) is 0 Å². The normalized spacial score (nSPS) is 40.3. The molecule has 2 aliphatic rings. The standard InChI is InChI=1S/C12H24N2/c1-3-14-7-5-12(9-14)11-4-6-13-10(2)8-11/h10-13H,3-9H2,1-2H3. The van der Waals surface area contributed by atoms with Crippen molar-refractivity contribution in [2.24, 2.45) is 11.8 Å². The van der Waals surface area contributed by atoms with E-state index in [1.807, 2.05) is 0 Å². The van der Waals surface area contributed by atoms with Gasteiger partial charge in [0.1, 0.15) is 0 Å². The van der Waals surface area contributed by atoms with Crippen molar-refractivity contribution in [1.29, 1.82) is 0 Å². The summed E-state index contributed by atoms with van der Waals surface area (Å²) in [4.78, 5) is 2.61. The van der Waals surface area contributed by atoms with Crippen LogP contribution >= 0.6 is 0 Å². The molecule has 0 aromatic rings. The first-order chi connectivity index (χ1) is 6.79. The van der Waals surface area contributed by atoms with Crippen molar-refractivity contribution in [3.05, 3.63) is 0 Å². The number of hydrogen-bond acceptors (Lipinski definition) is 2. The second kappa shape index (κ2) is 4.63. The number of piperidine rings is 1. The summed E-state index contributed by atoms with van der Waals surface area (Å²) in [5.41, 5.74) is 0. The van der Waals surface area contributed by atoms with E-state index in [1.54, 1.807) is 0 Å². The van der Waals surface area contributed by atoms with Crippen LogP contribution in [0, 0.1) is 11.8 Å². The molecule has 14 heavy (non-hydrogen) atoms. The Morgan fingerprint density at radius 2 is 2.14 bits per heavy atom. The van der Waals surface area contributed by atoms with E-state index in [0.29, 0.717) is 0 Å². The fraction of sp³-hybridized carbons (Fsp3) is 1.00. The van der Waals surface area contributed by atoms with E-state index in [1.165, 1.54) is 45.4 Å². The molecule has 2 heteroatoms. The molecule has 0 aromatic heterocycles. The largest absolute Gasteiger partial charge is 0.314 e. The molecule has 0 spiro atoms. The van der Waals surface area contributed by atoms with Crippen LogP contribution in [0.4, 0.5) is 0 Å². The third-order valence-electron chi connectivity index (χ3n) is 4.09. The van der Waals surface area contributed by atoms with Gasteiger partial charge in [-0.3, -0.25) is 0 Å². The summed E-state index contributed by atoms with van der Waals surface area (Å²) in [7, 11) is 0. The Labute approximate surface area is 88.1 Å². The molecule has 82 valence electrons. The number of likely N-dealkylation sites (tertiary alicyclic amines) is 1. The van der Waals surface area contributed by atoms with Gasteiger partial charge in [-0.2, -0.15) is 0 Å². The van der Waals surface area contributed by atoms with Crippen LogP contribution in [0.15, 0.2) is 0 Å². The van der Waals surface area contributed by atoms with Gasteiger partial charge in [-0.15, -0.1) is 0 Å².